The van der Waals surface area contributed by atoms with Crippen molar-refractivity contribution < 1.29 is 14.3 Å². The average molecular weight is 431 g/mol. The molecule has 0 radical (unpaired) electrons. The fourth-order valence-electron chi connectivity index (χ4n) is 4.15. The summed E-state index contributed by atoms with van der Waals surface area (Å²) in [5.41, 5.74) is 7.97. The van der Waals surface area contributed by atoms with Gasteiger partial charge < -0.3 is 20.1 Å². The van der Waals surface area contributed by atoms with Crippen molar-refractivity contribution in [1.82, 2.24) is 14.9 Å². The van der Waals surface area contributed by atoms with Crippen molar-refractivity contribution in [3.8, 4) is 5.88 Å². The van der Waals surface area contributed by atoms with Crippen LogP contribution in [0.25, 0.3) is 15.8 Å². The largest absolute Gasteiger partial charge is 0.479 e. The summed E-state index contributed by atoms with van der Waals surface area (Å²) in [5, 5.41) is 3.44. The summed E-state index contributed by atoms with van der Waals surface area (Å²) < 4.78 is 11.9. The zero-order valence-corrected chi connectivity index (χ0v) is 18.0. The Hall–Kier alpha value is -2.72. The lowest BCUT2D eigenvalue weighted by Gasteiger charge is -2.32. The van der Waals surface area contributed by atoms with E-state index in [1.165, 1.54) is 17.5 Å². The van der Waals surface area contributed by atoms with Crippen molar-refractivity contribution in [2.24, 2.45) is 16.1 Å². The second-order valence-corrected chi connectivity index (χ2v) is 8.64. The molecule has 3 N–H and O–H groups in total. The first-order valence-corrected chi connectivity index (χ1v) is 10.7. The third-order valence-corrected chi connectivity index (χ3v) is 6.68. The Morgan fingerprint density at radius 1 is 1.50 bits per heavy atom. The van der Waals surface area contributed by atoms with Crippen molar-refractivity contribution >= 4 is 44.5 Å². The number of allylic oxidation sites excluding steroid dienone is 1. The molecule has 2 aromatic heterocycles. The van der Waals surface area contributed by atoms with Gasteiger partial charge in [-0.3, -0.25) is 10.3 Å². The normalized spacial score (nSPS) is 22.3. The van der Waals surface area contributed by atoms with Crippen molar-refractivity contribution in [2.75, 3.05) is 45.8 Å². The minimum absolute atomic E-state index is 0.101. The molecule has 0 unspecified atom stereocenters. The van der Waals surface area contributed by atoms with Crippen LogP contribution in [0.4, 0.5) is 9.93 Å². The molecule has 10 heteroatoms. The van der Waals surface area contributed by atoms with Crippen LogP contribution in [0.2, 0.25) is 0 Å². The number of urea groups is 1. The highest BCUT2D eigenvalue weighted by molar-refractivity contribution is 7.22. The molecule has 1 spiro atoms. The van der Waals surface area contributed by atoms with E-state index in [2.05, 4.69) is 20.3 Å². The van der Waals surface area contributed by atoms with Crippen LogP contribution in [0.5, 0.6) is 5.88 Å². The number of hydrogen-bond acceptors (Lipinski definition) is 8. The molecule has 2 fully saturated rings. The SMILES string of the molecule is CN=CC(=CN)c1cnc(OC)c2nc(NC(=O)N3CC[C@]4(CCCOC4)C3)sc12. The molecule has 0 saturated carbocycles. The van der Waals surface area contributed by atoms with E-state index >= 15 is 0 Å². The number of methoxy groups -OCH3 is 1. The fraction of sp³-hybridized carbons (Fsp3) is 0.500. The van der Waals surface area contributed by atoms with Crippen LogP contribution in [-0.4, -0.2) is 67.6 Å². The molecule has 0 aliphatic carbocycles. The molecule has 0 aromatic carbocycles. The van der Waals surface area contributed by atoms with Gasteiger partial charge in [0.2, 0.25) is 5.88 Å². The van der Waals surface area contributed by atoms with Gasteiger partial charge in [-0.15, -0.1) is 0 Å². The quantitative estimate of drug-likeness (QED) is 0.721. The van der Waals surface area contributed by atoms with Crippen molar-refractivity contribution in [1.29, 1.82) is 0 Å². The highest BCUT2D eigenvalue weighted by atomic mass is 32.1. The van der Waals surface area contributed by atoms with Crippen LogP contribution in [-0.2, 0) is 4.74 Å². The number of pyridine rings is 1. The van der Waals surface area contributed by atoms with Gasteiger partial charge in [-0.05, 0) is 19.3 Å². The Balaban J connectivity index is 1.58. The van der Waals surface area contributed by atoms with E-state index in [-0.39, 0.29) is 11.4 Å². The molecule has 2 saturated heterocycles. The summed E-state index contributed by atoms with van der Waals surface area (Å²) in [7, 11) is 3.22. The lowest BCUT2D eigenvalue weighted by molar-refractivity contribution is -0.000213. The molecule has 0 bridgehead atoms. The van der Waals surface area contributed by atoms with Gasteiger partial charge >= 0.3 is 6.03 Å². The maximum atomic E-state index is 12.9. The first kappa shape index (κ1) is 20.5. The summed E-state index contributed by atoms with van der Waals surface area (Å²) in [6.07, 6.45) is 7.96. The number of hydrogen-bond donors (Lipinski definition) is 2. The van der Waals surface area contributed by atoms with E-state index in [1.54, 1.807) is 26.6 Å². The van der Waals surface area contributed by atoms with Crippen LogP contribution in [0, 0.1) is 5.41 Å². The number of nitrogens with two attached hydrogens (primary N) is 1. The van der Waals surface area contributed by atoms with Crippen LogP contribution in [0.3, 0.4) is 0 Å². The van der Waals surface area contributed by atoms with Gasteiger partial charge in [0.15, 0.2) is 5.13 Å². The molecule has 30 heavy (non-hydrogen) atoms. The number of aromatic nitrogens is 2. The standard InChI is InChI=1S/C20H26N6O3S/c1-22-9-13(8-21)14-10-23-17(28-2)15-16(14)30-18(24-15)25-19(27)26-6-5-20(11-26)4-3-7-29-12-20/h8-10H,3-7,11-12,21H2,1-2H3,(H,24,25,27)/t20-/m1/s1. The number of nitrogens with one attached hydrogen (secondary N) is 1. The van der Waals surface area contributed by atoms with Crippen molar-refractivity contribution in [2.45, 2.75) is 19.3 Å². The maximum absolute atomic E-state index is 12.9. The summed E-state index contributed by atoms with van der Waals surface area (Å²) in [5.74, 6) is 0.398. The highest BCUT2D eigenvalue weighted by Crippen LogP contribution is 2.39. The lowest BCUT2D eigenvalue weighted by atomic mass is 9.82. The second-order valence-electron chi connectivity index (χ2n) is 7.65. The summed E-state index contributed by atoms with van der Waals surface area (Å²) in [6, 6.07) is -0.144. The number of carbonyl (C=O) groups is 1. The predicted molar refractivity (Wildman–Crippen MR) is 118 cm³/mol. The molecule has 2 aromatic rings. The number of nitrogens with zero attached hydrogens (tertiary/aromatic N) is 4. The molecular weight excluding hydrogens is 404 g/mol. The van der Waals surface area contributed by atoms with Crippen LogP contribution >= 0.6 is 11.3 Å². The first-order chi connectivity index (χ1) is 14.6. The van der Waals surface area contributed by atoms with E-state index in [1.807, 2.05) is 4.90 Å². The zero-order valence-electron chi connectivity index (χ0n) is 17.2. The predicted octanol–water partition coefficient (Wildman–Crippen LogP) is 2.73. The van der Waals surface area contributed by atoms with Crippen LogP contribution < -0.4 is 15.8 Å². The lowest BCUT2D eigenvalue weighted by Crippen LogP contribution is -2.38. The van der Waals surface area contributed by atoms with Gasteiger partial charge in [0, 0.05) is 61.9 Å². The topological polar surface area (TPSA) is 115 Å². The number of anilines is 1. The molecule has 2 aliphatic rings. The van der Waals surface area contributed by atoms with Gasteiger partial charge in [0.1, 0.15) is 5.52 Å². The smallest absolute Gasteiger partial charge is 0.323 e. The number of fused-ring (bicyclic) bond motifs is 1. The summed E-state index contributed by atoms with van der Waals surface area (Å²) in [6.45, 7) is 2.99. The number of likely N-dealkylation sites (tertiary alicyclic amines) is 1. The fourth-order valence-corrected chi connectivity index (χ4v) is 5.13. The molecule has 4 rings (SSSR count). The Bertz CT molecular complexity index is 996. The van der Waals surface area contributed by atoms with E-state index in [9.17, 15) is 4.79 Å². The molecule has 9 nitrogen and oxygen atoms in total. The molecular formula is C20H26N6O3S. The van der Waals surface area contributed by atoms with Gasteiger partial charge in [-0.2, -0.15) is 0 Å². The second kappa shape index (κ2) is 8.57. The van der Waals surface area contributed by atoms with Gasteiger partial charge in [-0.1, -0.05) is 11.3 Å². The first-order valence-electron chi connectivity index (χ1n) is 9.91. The van der Waals surface area contributed by atoms with Crippen molar-refractivity contribution in [3.05, 3.63) is 18.0 Å². The van der Waals surface area contributed by atoms with Crippen LogP contribution in [0.15, 0.2) is 17.4 Å². The molecule has 160 valence electrons. The minimum atomic E-state index is -0.144. The number of rotatable bonds is 4. The number of ether oxygens (including phenoxy) is 2. The molecule has 2 amide bonds. The van der Waals surface area contributed by atoms with Gasteiger partial charge in [-0.25, -0.2) is 14.8 Å². The number of aliphatic imine (C=N–C) groups is 1. The highest BCUT2D eigenvalue weighted by Gasteiger charge is 2.41. The molecule has 4 heterocycles. The van der Waals surface area contributed by atoms with Gasteiger partial charge in [0.05, 0.1) is 18.4 Å². The van der Waals surface area contributed by atoms with E-state index in [4.69, 9.17) is 15.2 Å². The third kappa shape index (κ3) is 3.84. The average Bonchev–Trinajstić information content (AvgIpc) is 3.36. The zero-order chi connectivity index (χ0) is 21.1. The van der Waals surface area contributed by atoms with E-state index in [0.717, 1.165) is 54.9 Å². The summed E-state index contributed by atoms with van der Waals surface area (Å²) in [4.78, 5) is 27.7. The Morgan fingerprint density at radius 3 is 3.07 bits per heavy atom. The van der Waals surface area contributed by atoms with Crippen LogP contribution in [0.1, 0.15) is 24.8 Å². The number of amides is 2. The number of thiazole rings is 1. The maximum Gasteiger partial charge on any atom is 0.323 e. The van der Waals surface area contributed by atoms with Gasteiger partial charge in [0.25, 0.3) is 0 Å². The van der Waals surface area contributed by atoms with E-state index < -0.39 is 0 Å². The molecule has 2 aliphatic heterocycles. The van der Waals surface area contributed by atoms with Crippen molar-refractivity contribution in [3.63, 3.8) is 0 Å². The Kier molecular flexibility index (Phi) is 5.87. The number of carbonyl (C=O) groups excluding carboxylic acids is 1. The third-order valence-electron chi connectivity index (χ3n) is 5.68. The Morgan fingerprint density at radius 2 is 2.37 bits per heavy atom. The molecule has 1 atom stereocenters. The summed E-state index contributed by atoms with van der Waals surface area (Å²) >= 11 is 1.36. The Labute approximate surface area is 179 Å². The minimum Gasteiger partial charge on any atom is -0.479 e. The van der Waals surface area contributed by atoms with E-state index in [0.29, 0.717) is 23.1 Å². The monoisotopic (exact) mass is 430 g/mol.